The smallest absolute Gasteiger partial charge is 0.0965 e. The Balaban J connectivity index is 0.00000180. The second-order valence-electron chi connectivity index (χ2n) is 4.08. The molecule has 19 heavy (non-hydrogen) atoms. The van der Waals surface area contributed by atoms with E-state index >= 15 is 0 Å². The van der Waals surface area contributed by atoms with Gasteiger partial charge in [0.15, 0.2) is 0 Å². The fraction of sp³-hybridized carbons (Fsp3) is 0.267. The Morgan fingerprint density at radius 2 is 1.84 bits per heavy atom. The summed E-state index contributed by atoms with van der Waals surface area (Å²) >= 11 is 1.83. The van der Waals surface area contributed by atoms with Crippen LogP contribution in [0.5, 0.6) is 0 Å². The number of pyridine rings is 1. The lowest BCUT2D eigenvalue weighted by atomic mass is 10.1. The van der Waals surface area contributed by atoms with Gasteiger partial charge in [0, 0.05) is 11.4 Å². The van der Waals surface area contributed by atoms with Crippen LogP contribution in [0.25, 0.3) is 0 Å². The summed E-state index contributed by atoms with van der Waals surface area (Å²) in [6.07, 6.45) is 2.95. The molecule has 0 spiro atoms. The average molecular weight is 294 g/mol. The molecule has 1 atom stereocenters. The van der Waals surface area contributed by atoms with Crippen molar-refractivity contribution < 1.29 is 12.4 Å². The second kappa shape index (κ2) is 8.97. The highest BCUT2D eigenvalue weighted by Gasteiger charge is 2.12. The first-order valence-corrected chi connectivity index (χ1v) is 7.05. The predicted octanol–water partition coefficient (Wildman–Crippen LogP) is 0.528. The van der Waals surface area contributed by atoms with Crippen molar-refractivity contribution >= 4 is 11.8 Å². The minimum absolute atomic E-state index is 0. The van der Waals surface area contributed by atoms with Gasteiger partial charge >= 0.3 is 0 Å². The van der Waals surface area contributed by atoms with Crippen molar-refractivity contribution in [2.45, 2.75) is 16.7 Å². The summed E-state index contributed by atoms with van der Waals surface area (Å²) in [4.78, 5) is 4.39. The van der Waals surface area contributed by atoms with Crippen molar-refractivity contribution in [1.29, 1.82) is 0 Å². The van der Waals surface area contributed by atoms with Gasteiger partial charge in [-0.15, -0.1) is 0 Å². The summed E-state index contributed by atoms with van der Waals surface area (Å²) in [5.41, 5.74) is 1.36. The van der Waals surface area contributed by atoms with Crippen molar-refractivity contribution in [3.05, 3.63) is 60.3 Å². The highest BCUT2D eigenvalue weighted by molar-refractivity contribution is 7.99. The number of nitrogens with one attached hydrogen (secondary N) is 1. The zero-order valence-corrected chi connectivity index (χ0v) is 12.5. The topological polar surface area (TPSA) is 24.9 Å². The Bertz CT molecular complexity index is 450. The van der Waals surface area contributed by atoms with Gasteiger partial charge in [-0.3, -0.25) is 0 Å². The molecule has 0 aliphatic rings. The fourth-order valence-electron chi connectivity index (χ4n) is 1.80. The standard InChI is InChI=1S/C15H18N2S.ClH/c1-16-12-10-14(13-7-3-2-4-8-13)18-15-9-5-6-11-17-15;/h2-9,11,14,16H,10,12H2,1H3;1H/p-1. The van der Waals surface area contributed by atoms with E-state index in [0.29, 0.717) is 5.25 Å². The van der Waals surface area contributed by atoms with Gasteiger partial charge < -0.3 is 17.7 Å². The first-order chi connectivity index (χ1) is 8.90. The van der Waals surface area contributed by atoms with Crippen LogP contribution in [-0.4, -0.2) is 18.6 Å². The van der Waals surface area contributed by atoms with Crippen molar-refractivity contribution in [3.63, 3.8) is 0 Å². The molecule has 0 saturated heterocycles. The number of nitrogens with zero attached hydrogens (tertiary/aromatic N) is 1. The quantitative estimate of drug-likeness (QED) is 0.787. The van der Waals surface area contributed by atoms with E-state index in [9.17, 15) is 0 Å². The van der Waals surface area contributed by atoms with E-state index in [0.717, 1.165) is 18.0 Å². The third-order valence-corrected chi connectivity index (χ3v) is 4.00. The zero-order valence-electron chi connectivity index (χ0n) is 10.9. The van der Waals surface area contributed by atoms with Crippen LogP contribution in [0.15, 0.2) is 59.8 Å². The van der Waals surface area contributed by atoms with E-state index in [4.69, 9.17) is 0 Å². The Hall–Kier alpha value is -1.03. The van der Waals surface area contributed by atoms with Crippen molar-refractivity contribution in [2.75, 3.05) is 13.6 Å². The molecule has 0 fully saturated rings. The second-order valence-corrected chi connectivity index (χ2v) is 5.30. The number of halogens is 1. The summed E-state index contributed by atoms with van der Waals surface area (Å²) in [5.74, 6) is 0. The van der Waals surface area contributed by atoms with Crippen molar-refractivity contribution in [1.82, 2.24) is 10.3 Å². The zero-order chi connectivity index (χ0) is 12.6. The molecule has 0 aliphatic heterocycles. The van der Waals surface area contributed by atoms with Crippen molar-refractivity contribution in [3.8, 4) is 0 Å². The van der Waals surface area contributed by atoms with Gasteiger partial charge in [0.1, 0.15) is 0 Å². The van der Waals surface area contributed by atoms with Crippen LogP contribution in [0.4, 0.5) is 0 Å². The molecule has 1 aromatic carbocycles. The first-order valence-electron chi connectivity index (χ1n) is 6.17. The first kappa shape index (κ1) is 16.0. The molecule has 102 valence electrons. The summed E-state index contributed by atoms with van der Waals surface area (Å²) in [7, 11) is 1.99. The summed E-state index contributed by atoms with van der Waals surface area (Å²) in [5, 5.41) is 4.76. The largest absolute Gasteiger partial charge is 1.00 e. The Labute approximate surface area is 125 Å². The summed E-state index contributed by atoms with van der Waals surface area (Å²) < 4.78 is 0. The van der Waals surface area contributed by atoms with Crippen LogP contribution in [-0.2, 0) is 0 Å². The van der Waals surface area contributed by atoms with E-state index in [1.54, 1.807) is 0 Å². The number of rotatable bonds is 6. The van der Waals surface area contributed by atoms with E-state index in [1.807, 2.05) is 37.1 Å². The lowest BCUT2D eigenvalue weighted by Crippen LogP contribution is -3.00. The van der Waals surface area contributed by atoms with Crippen LogP contribution in [0.1, 0.15) is 17.2 Å². The number of hydrogen-bond donors (Lipinski definition) is 1. The van der Waals surface area contributed by atoms with E-state index in [2.05, 4.69) is 46.7 Å². The minimum Gasteiger partial charge on any atom is -1.00 e. The number of thioether (sulfide) groups is 1. The molecule has 2 nitrogen and oxygen atoms in total. The van der Waals surface area contributed by atoms with Crippen LogP contribution >= 0.6 is 11.8 Å². The fourth-order valence-corrected chi connectivity index (χ4v) is 2.90. The summed E-state index contributed by atoms with van der Waals surface area (Å²) in [6.45, 7) is 1.01. The molecule has 0 radical (unpaired) electrons. The maximum atomic E-state index is 4.39. The van der Waals surface area contributed by atoms with Gasteiger partial charge in [-0.2, -0.15) is 0 Å². The van der Waals surface area contributed by atoms with Gasteiger partial charge in [-0.1, -0.05) is 48.2 Å². The lowest BCUT2D eigenvalue weighted by Gasteiger charge is -2.16. The molecule has 4 heteroatoms. The van der Waals surface area contributed by atoms with Crippen LogP contribution in [0.3, 0.4) is 0 Å². The van der Waals surface area contributed by atoms with E-state index in [1.165, 1.54) is 5.56 Å². The van der Waals surface area contributed by atoms with Crippen molar-refractivity contribution in [2.24, 2.45) is 0 Å². The lowest BCUT2D eigenvalue weighted by molar-refractivity contribution is -0.00000368. The molecule has 0 amide bonds. The SMILES string of the molecule is CNCCC(Sc1ccccn1)c1ccccc1.[Cl-]. The molecule has 0 bridgehead atoms. The third kappa shape index (κ3) is 5.23. The Morgan fingerprint density at radius 3 is 2.47 bits per heavy atom. The van der Waals surface area contributed by atoms with Crippen LogP contribution in [0, 0.1) is 0 Å². The molecule has 1 aromatic heterocycles. The molecule has 1 unspecified atom stereocenters. The molecule has 0 saturated carbocycles. The van der Waals surface area contributed by atoms with Gasteiger partial charge in [-0.05, 0) is 37.7 Å². The van der Waals surface area contributed by atoms with Crippen LogP contribution < -0.4 is 17.7 Å². The van der Waals surface area contributed by atoms with Gasteiger partial charge in [0.2, 0.25) is 0 Å². The highest BCUT2D eigenvalue weighted by Crippen LogP contribution is 2.36. The molecular formula is C15H18ClN2S-. The summed E-state index contributed by atoms with van der Waals surface area (Å²) in [6, 6.07) is 16.7. The monoisotopic (exact) mass is 293 g/mol. The molecule has 1 N–H and O–H groups in total. The maximum absolute atomic E-state index is 4.39. The maximum Gasteiger partial charge on any atom is 0.0965 e. The van der Waals surface area contributed by atoms with E-state index < -0.39 is 0 Å². The van der Waals surface area contributed by atoms with Gasteiger partial charge in [0.05, 0.1) is 5.03 Å². The molecule has 0 aliphatic carbocycles. The number of benzene rings is 1. The molecule has 2 aromatic rings. The Morgan fingerprint density at radius 1 is 1.11 bits per heavy atom. The van der Waals surface area contributed by atoms with Crippen LogP contribution in [0.2, 0.25) is 0 Å². The highest BCUT2D eigenvalue weighted by atomic mass is 35.5. The van der Waals surface area contributed by atoms with Gasteiger partial charge in [-0.25, -0.2) is 4.98 Å². The van der Waals surface area contributed by atoms with E-state index in [-0.39, 0.29) is 12.4 Å². The molecule has 2 rings (SSSR count). The Kier molecular flexibility index (Phi) is 7.56. The molecule has 1 heterocycles. The predicted molar refractivity (Wildman–Crippen MR) is 77.8 cm³/mol. The number of hydrogen-bond acceptors (Lipinski definition) is 3. The minimum atomic E-state index is 0. The average Bonchev–Trinajstić information content (AvgIpc) is 2.45. The molecular weight excluding hydrogens is 276 g/mol. The van der Waals surface area contributed by atoms with Gasteiger partial charge in [0.25, 0.3) is 0 Å². The normalized spacial score (nSPS) is 11.6. The number of aromatic nitrogens is 1. The third-order valence-electron chi connectivity index (χ3n) is 2.73.